The van der Waals surface area contributed by atoms with Crippen molar-refractivity contribution in [1.82, 2.24) is 14.5 Å². The van der Waals surface area contributed by atoms with Crippen molar-refractivity contribution in [2.45, 2.75) is 52.1 Å². The van der Waals surface area contributed by atoms with Gasteiger partial charge in [0, 0.05) is 17.8 Å². The lowest BCUT2D eigenvalue weighted by Gasteiger charge is -2.20. The van der Waals surface area contributed by atoms with Crippen LogP contribution in [0.5, 0.6) is 0 Å². The molecule has 1 aliphatic rings. The molecule has 0 bridgehead atoms. The Labute approximate surface area is 164 Å². The maximum Gasteiger partial charge on any atom is 0.253 e. The van der Waals surface area contributed by atoms with Gasteiger partial charge in [0.2, 0.25) is 0 Å². The predicted octanol–water partition coefficient (Wildman–Crippen LogP) is 4.01. The van der Waals surface area contributed by atoms with E-state index in [1.807, 2.05) is 29.8 Å². The number of aromatic nitrogens is 3. The van der Waals surface area contributed by atoms with Crippen LogP contribution in [0, 0.1) is 33.1 Å². The van der Waals surface area contributed by atoms with Gasteiger partial charge in [0.25, 0.3) is 5.56 Å². The van der Waals surface area contributed by atoms with Gasteiger partial charge >= 0.3 is 0 Å². The molecular formula is C23H24N4O. The minimum Gasteiger partial charge on any atom is -0.352 e. The average Bonchev–Trinajstić information content (AvgIpc) is 3.39. The molecular weight excluding hydrogens is 348 g/mol. The van der Waals surface area contributed by atoms with E-state index in [-0.39, 0.29) is 17.1 Å². The molecule has 1 saturated carbocycles. The quantitative estimate of drug-likeness (QED) is 0.703. The van der Waals surface area contributed by atoms with Gasteiger partial charge in [-0.3, -0.25) is 4.79 Å². The van der Waals surface area contributed by atoms with E-state index in [1.54, 1.807) is 6.07 Å². The summed E-state index contributed by atoms with van der Waals surface area (Å²) in [5.74, 6) is 4.10. The number of hydrogen-bond donors (Lipinski definition) is 1. The molecule has 0 spiro atoms. The third-order valence-electron chi connectivity index (χ3n) is 5.80. The van der Waals surface area contributed by atoms with E-state index in [2.05, 4.69) is 48.0 Å². The monoisotopic (exact) mass is 372 g/mol. The molecule has 5 heteroatoms. The summed E-state index contributed by atoms with van der Waals surface area (Å²) in [7, 11) is 0. The molecule has 1 atom stereocenters. The first kappa shape index (κ1) is 18.2. The Hall–Kier alpha value is -3.13. The molecule has 1 N–H and O–H groups in total. The highest BCUT2D eigenvalue weighted by molar-refractivity contribution is 5.88. The van der Waals surface area contributed by atoms with E-state index >= 15 is 0 Å². The lowest BCUT2D eigenvalue weighted by molar-refractivity contribution is 0.516. The van der Waals surface area contributed by atoms with Crippen LogP contribution < -0.4 is 10.9 Å². The Morgan fingerprint density at radius 1 is 1.25 bits per heavy atom. The maximum absolute atomic E-state index is 12.6. The predicted molar refractivity (Wildman–Crippen MR) is 113 cm³/mol. The molecule has 4 rings (SSSR count). The third kappa shape index (κ3) is 3.05. The molecule has 0 unspecified atom stereocenters. The molecule has 2 heterocycles. The van der Waals surface area contributed by atoms with Gasteiger partial charge in [-0.15, -0.1) is 6.42 Å². The fraction of sp³-hybridized carbons (Fsp3) is 0.348. The largest absolute Gasteiger partial charge is 0.352 e. The summed E-state index contributed by atoms with van der Waals surface area (Å²) in [5, 5.41) is 4.22. The molecule has 3 aromatic rings. The molecule has 0 amide bonds. The number of hydrogen-bond acceptors (Lipinski definition) is 4. The van der Waals surface area contributed by atoms with Crippen LogP contribution in [0.2, 0.25) is 0 Å². The summed E-state index contributed by atoms with van der Waals surface area (Å²) in [6.07, 6.45) is 9.76. The molecule has 142 valence electrons. The van der Waals surface area contributed by atoms with Gasteiger partial charge in [-0.25, -0.2) is 9.97 Å². The second kappa shape index (κ2) is 6.49. The van der Waals surface area contributed by atoms with Crippen molar-refractivity contribution in [2.75, 3.05) is 5.32 Å². The third-order valence-corrected chi connectivity index (χ3v) is 5.80. The normalized spacial score (nSPS) is 15.8. The Bertz CT molecular complexity index is 1180. The van der Waals surface area contributed by atoms with Crippen LogP contribution >= 0.6 is 0 Å². The number of terminal acetylenes is 1. The van der Waals surface area contributed by atoms with Gasteiger partial charge in [0.05, 0.1) is 10.9 Å². The average molecular weight is 372 g/mol. The van der Waals surface area contributed by atoms with Crippen molar-refractivity contribution in [3.63, 3.8) is 0 Å². The number of rotatable bonds is 4. The first-order valence-corrected chi connectivity index (χ1v) is 9.53. The van der Waals surface area contributed by atoms with Crippen molar-refractivity contribution >= 4 is 16.7 Å². The number of benzene rings is 1. The van der Waals surface area contributed by atoms with Crippen LogP contribution in [0.15, 0.2) is 35.3 Å². The summed E-state index contributed by atoms with van der Waals surface area (Å²) in [6.45, 7) is 8.07. The highest BCUT2D eigenvalue weighted by atomic mass is 16.1. The first-order valence-electron chi connectivity index (χ1n) is 9.53. The molecule has 0 radical (unpaired) electrons. The zero-order chi connectivity index (χ0) is 20.1. The maximum atomic E-state index is 12.6. The number of anilines is 1. The van der Waals surface area contributed by atoms with Gasteiger partial charge in [-0.05, 0) is 57.2 Å². The first-order chi connectivity index (χ1) is 13.3. The summed E-state index contributed by atoms with van der Waals surface area (Å²) in [6, 6.07) is 7.40. The zero-order valence-electron chi connectivity index (χ0n) is 16.7. The van der Waals surface area contributed by atoms with Crippen molar-refractivity contribution in [1.29, 1.82) is 0 Å². The van der Waals surface area contributed by atoms with Gasteiger partial charge in [0.15, 0.2) is 0 Å². The van der Waals surface area contributed by atoms with Crippen molar-refractivity contribution in [3.05, 3.63) is 63.3 Å². The number of pyridine rings is 1. The Morgan fingerprint density at radius 3 is 2.68 bits per heavy atom. The summed E-state index contributed by atoms with van der Waals surface area (Å²) >= 11 is 0. The minimum atomic E-state index is -0.325. The fourth-order valence-electron chi connectivity index (χ4n) is 3.61. The van der Waals surface area contributed by atoms with Crippen LogP contribution in [-0.4, -0.2) is 14.5 Å². The molecule has 0 aliphatic heterocycles. The van der Waals surface area contributed by atoms with Gasteiger partial charge in [-0.1, -0.05) is 24.1 Å². The lowest BCUT2D eigenvalue weighted by Crippen LogP contribution is -2.27. The van der Waals surface area contributed by atoms with E-state index in [4.69, 9.17) is 6.42 Å². The van der Waals surface area contributed by atoms with E-state index in [9.17, 15) is 4.79 Å². The number of aryl methyl sites for hydroxylation is 2. The van der Waals surface area contributed by atoms with Crippen molar-refractivity contribution < 1.29 is 0 Å². The molecule has 5 nitrogen and oxygen atoms in total. The van der Waals surface area contributed by atoms with Crippen LogP contribution in [0.4, 0.5) is 5.82 Å². The SMILES string of the molecule is C#C[C@@H](Nc1nc(C)nc2cc(=O)n(C3(C)CC3)cc12)c1cccc(C)c1C. The van der Waals surface area contributed by atoms with Crippen LogP contribution in [0.25, 0.3) is 10.9 Å². The highest BCUT2D eigenvalue weighted by Gasteiger charge is 2.40. The molecule has 28 heavy (non-hydrogen) atoms. The topological polar surface area (TPSA) is 59.8 Å². The molecule has 1 fully saturated rings. The zero-order valence-corrected chi connectivity index (χ0v) is 16.7. The highest BCUT2D eigenvalue weighted by Crippen LogP contribution is 2.42. The van der Waals surface area contributed by atoms with E-state index in [0.29, 0.717) is 17.2 Å². The van der Waals surface area contributed by atoms with Gasteiger partial charge < -0.3 is 9.88 Å². The number of nitrogens with one attached hydrogen (secondary N) is 1. The minimum absolute atomic E-state index is 0.0282. The van der Waals surface area contributed by atoms with Crippen molar-refractivity contribution in [2.24, 2.45) is 0 Å². The smallest absolute Gasteiger partial charge is 0.253 e. The lowest BCUT2D eigenvalue weighted by atomic mass is 9.98. The van der Waals surface area contributed by atoms with Gasteiger partial charge in [-0.2, -0.15) is 0 Å². The second-order valence-corrected chi connectivity index (χ2v) is 7.93. The molecule has 1 aromatic carbocycles. The van der Waals surface area contributed by atoms with Crippen LogP contribution in [0.3, 0.4) is 0 Å². The van der Waals surface area contributed by atoms with Crippen LogP contribution in [-0.2, 0) is 5.54 Å². The number of fused-ring (bicyclic) bond motifs is 1. The molecule has 1 aliphatic carbocycles. The Balaban J connectivity index is 1.84. The standard InChI is InChI=1S/C23H24N4O/c1-6-19(17-9-7-8-14(2)15(17)3)26-22-18-13-27(23(5)10-11-23)21(28)12-20(18)24-16(4)25-22/h1,7-9,12-13,19H,10-11H2,2-5H3,(H,24,25,26)/t19-/m1/s1. The fourth-order valence-corrected chi connectivity index (χ4v) is 3.61. The van der Waals surface area contributed by atoms with Crippen molar-refractivity contribution in [3.8, 4) is 12.3 Å². The van der Waals surface area contributed by atoms with Gasteiger partial charge in [0.1, 0.15) is 17.7 Å². The summed E-state index contributed by atoms with van der Waals surface area (Å²) < 4.78 is 1.81. The summed E-state index contributed by atoms with van der Waals surface area (Å²) in [4.78, 5) is 21.6. The Morgan fingerprint density at radius 2 is 2.00 bits per heavy atom. The van der Waals surface area contributed by atoms with E-state index in [1.165, 1.54) is 5.56 Å². The molecule has 2 aromatic heterocycles. The number of nitrogens with zero attached hydrogens (tertiary/aromatic N) is 3. The van der Waals surface area contributed by atoms with Crippen LogP contribution in [0.1, 0.15) is 48.3 Å². The Kier molecular flexibility index (Phi) is 4.23. The van der Waals surface area contributed by atoms with E-state index in [0.717, 1.165) is 29.4 Å². The van der Waals surface area contributed by atoms with E-state index < -0.39 is 0 Å². The molecule has 0 saturated heterocycles. The second-order valence-electron chi connectivity index (χ2n) is 7.93. The summed E-state index contributed by atoms with van der Waals surface area (Å²) in [5.41, 5.74) is 3.91.